The molecule has 1 heterocycles. The molecule has 1 aromatic heterocycles. The van der Waals surface area contributed by atoms with Gasteiger partial charge >= 0.3 is 0 Å². The Hall–Kier alpha value is -1.01. The van der Waals surface area contributed by atoms with Crippen molar-refractivity contribution in [2.24, 2.45) is 0 Å². The van der Waals surface area contributed by atoms with Crippen LogP contribution in [0, 0.1) is 18.4 Å². The number of nitriles is 1. The average molecular weight is 166 g/mol. The molecule has 0 aromatic carbocycles. The Morgan fingerprint density at radius 1 is 1.64 bits per heavy atom. The molecule has 3 heteroatoms. The zero-order valence-corrected chi connectivity index (χ0v) is 7.40. The normalized spacial score (nSPS) is 12.1. The van der Waals surface area contributed by atoms with Crippen LogP contribution in [-0.2, 0) is 0 Å². The molecule has 1 aromatic rings. The highest BCUT2D eigenvalue weighted by atomic mass is 32.1. The minimum Gasteiger partial charge on any atom is -0.316 e. The monoisotopic (exact) mass is 166 g/mol. The van der Waals surface area contributed by atoms with E-state index in [-0.39, 0.29) is 6.04 Å². The molecule has 0 radical (unpaired) electrons. The smallest absolute Gasteiger partial charge is 0.177 e. The predicted octanol–water partition coefficient (Wildman–Crippen LogP) is 2.19. The highest BCUT2D eigenvalue weighted by Gasteiger charge is 2.04. The average Bonchev–Trinajstić information content (AvgIpc) is 2.36. The summed E-state index contributed by atoms with van der Waals surface area (Å²) in [4.78, 5) is 2.50. The molecule has 0 aliphatic carbocycles. The maximum atomic E-state index is 8.35. The largest absolute Gasteiger partial charge is 0.316 e. The van der Waals surface area contributed by atoms with E-state index in [1.807, 2.05) is 13.1 Å². The quantitative estimate of drug-likeness (QED) is 0.540. The van der Waals surface area contributed by atoms with Crippen molar-refractivity contribution in [2.75, 3.05) is 0 Å². The summed E-state index contributed by atoms with van der Waals surface area (Å²) in [7, 11) is 0. The second-order valence-electron chi connectivity index (χ2n) is 2.43. The molecule has 0 fully saturated rings. The molecule has 1 N–H and O–H groups in total. The first-order valence-electron chi connectivity index (χ1n) is 3.45. The van der Waals surface area contributed by atoms with Crippen molar-refractivity contribution in [3.05, 3.63) is 21.9 Å². The highest BCUT2D eigenvalue weighted by molar-refractivity contribution is 7.12. The number of hydrogen-bond acceptors (Lipinski definition) is 3. The molecule has 0 spiro atoms. The van der Waals surface area contributed by atoms with Crippen LogP contribution in [0.4, 0.5) is 0 Å². The molecule has 1 rings (SSSR count). The summed E-state index contributed by atoms with van der Waals surface area (Å²) in [6.07, 6.45) is 1.93. The molecule has 1 atom stereocenters. The molecule has 2 nitrogen and oxygen atoms in total. The van der Waals surface area contributed by atoms with Crippen molar-refractivity contribution >= 4 is 11.3 Å². The fraction of sp³-hybridized carbons (Fsp3) is 0.375. The Labute approximate surface area is 70.5 Å². The Balaban J connectivity index is 2.70. The van der Waals surface area contributed by atoms with E-state index < -0.39 is 0 Å². The van der Waals surface area contributed by atoms with Gasteiger partial charge in [0.1, 0.15) is 0 Å². The van der Waals surface area contributed by atoms with E-state index >= 15 is 0 Å². The predicted molar refractivity (Wildman–Crippen MR) is 46.2 cm³/mol. The lowest BCUT2D eigenvalue weighted by atomic mass is 10.3. The van der Waals surface area contributed by atoms with Gasteiger partial charge in [-0.15, -0.1) is 11.3 Å². The molecule has 1 unspecified atom stereocenters. The van der Waals surface area contributed by atoms with E-state index in [1.165, 1.54) is 9.75 Å². The third-order valence-corrected chi connectivity index (χ3v) is 2.65. The zero-order chi connectivity index (χ0) is 8.27. The Bertz CT molecular complexity index is 272. The van der Waals surface area contributed by atoms with Crippen molar-refractivity contribution in [3.8, 4) is 6.19 Å². The summed E-state index contributed by atoms with van der Waals surface area (Å²) >= 11 is 1.72. The van der Waals surface area contributed by atoms with Crippen molar-refractivity contribution < 1.29 is 0 Å². The number of rotatable bonds is 2. The van der Waals surface area contributed by atoms with Gasteiger partial charge in [0.05, 0.1) is 6.04 Å². The van der Waals surface area contributed by atoms with Crippen LogP contribution in [0.2, 0.25) is 0 Å². The SMILES string of the molecule is Cc1ccc(C(C)NC#N)s1. The molecular weight excluding hydrogens is 156 g/mol. The van der Waals surface area contributed by atoms with Crippen molar-refractivity contribution in [1.82, 2.24) is 5.32 Å². The summed E-state index contributed by atoms with van der Waals surface area (Å²) in [5, 5.41) is 11.0. The lowest BCUT2D eigenvalue weighted by Gasteiger charge is -2.04. The molecular formula is C8H10N2S. The molecule has 0 aliphatic rings. The summed E-state index contributed by atoms with van der Waals surface area (Å²) in [5.41, 5.74) is 0. The van der Waals surface area contributed by atoms with E-state index in [0.717, 1.165) is 0 Å². The topological polar surface area (TPSA) is 35.8 Å². The Kier molecular flexibility index (Phi) is 2.50. The van der Waals surface area contributed by atoms with E-state index in [1.54, 1.807) is 11.3 Å². The maximum absolute atomic E-state index is 8.35. The second-order valence-corrected chi connectivity index (χ2v) is 3.75. The van der Waals surface area contributed by atoms with E-state index in [9.17, 15) is 0 Å². The minimum atomic E-state index is 0.152. The fourth-order valence-corrected chi connectivity index (χ4v) is 1.73. The van der Waals surface area contributed by atoms with Gasteiger partial charge in [0, 0.05) is 9.75 Å². The van der Waals surface area contributed by atoms with E-state index in [0.29, 0.717) is 0 Å². The molecule has 0 saturated carbocycles. The third kappa shape index (κ3) is 1.95. The summed E-state index contributed by atoms with van der Waals surface area (Å²) in [6, 6.07) is 4.27. The van der Waals surface area contributed by atoms with Gasteiger partial charge in [-0.2, -0.15) is 5.26 Å². The number of hydrogen-bond donors (Lipinski definition) is 1. The maximum Gasteiger partial charge on any atom is 0.177 e. The first kappa shape index (κ1) is 8.09. The van der Waals surface area contributed by atoms with Crippen molar-refractivity contribution in [2.45, 2.75) is 19.9 Å². The van der Waals surface area contributed by atoms with Gasteiger partial charge in [-0.25, -0.2) is 0 Å². The van der Waals surface area contributed by atoms with Crippen LogP contribution in [0.15, 0.2) is 12.1 Å². The van der Waals surface area contributed by atoms with Gasteiger partial charge < -0.3 is 5.32 Å². The number of thiophene rings is 1. The lowest BCUT2D eigenvalue weighted by Crippen LogP contribution is -2.09. The minimum absolute atomic E-state index is 0.152. The fourth-order valence-electron chi connectivity index (χ4n) is 0.854. The number of nitrogens with zero attached hydrogens (tertiary/aromatic N) is 1. The van der Waals surface area contributed by atoms with Crippen LogP contribution in [0.5, 0.6) is 0 Å². The summed E-state index contributed by atoms with van der Waals surface area (Å²) in [5.74, 6) is 0. The molecule has 58 valence electrons. The van der Waals surface area contributed by atoms with Gasteiger partial charge in [0.15, 0.2) is 6.19 Å². The summed E-state index contributed by atoms with van der Waals surface area (Å²) < 4.78 is 0. The second kappa shape index (κ2) is 3.40. The van der Waals surface area contributed by atoms with Crippen molar-refractivity contribution in [3.63, 3.8) is 0 Å². The molecule has 0 amide bonds. The first-order chi connectivity index (χ1) is 5.24. The van der Waals surface area contributed by atoms with Crippen molar-refractivity contribution in [1.29, 1.82) is 5.26 Å². The van der Waals surface area contributed by atoms with Crippen LogP contribution in [0.25, 0.3) is 0 Å². The van der Waals surface area contributed by atoms with Crippen LogP contribution in [0.1, 0.15) is 22.7 Å². The van der Waals surface area contributed by atoms with Crippen LogP contribution in [0.3, 0.4) is 0 Å². The molecule has 0 bridgehead atoms. The Morgan fingerprint density at radius 2 is 2.36 bits per heavy atom. The number of nitrogens with one attached hydrogen (secondary N) is 1. The van der Waals surface area contributed by atoms with Crippen LogP contribution >= 0.6 is 11.3 Å². The van der Waals surface area contributed by atoms with E-state index in [2.05, 4.69) is 24.4 Å². The molecule has 11 heavy (non-hydrogen) atoms. The third-order valence-electron chi connectivity index (χ3n) is 1.47. The number of aryl methyl sites for hydroxylation is 1. The van der Waals surface area contributed by atoms with Gasteiger partial charge in [-0.1, -0.05) is 0 Å². The van der Waals surface area contributed by atoms with Crippen LogP contribution in [-0.4, -0.2) is 0 Å². The van der Waals surface area contributed by atoms with Gasteiger partial charge in [0.2, 0.25) is 0 Å². The van der Waals surface area contributed by atoms with Gasteiger partial charge in [0.25, 0.3) is 0 Å². The van der Waals surface area contributed by atoms with E-state index in [4.69, 9.17) is 5.26 Å². The molecule has 0 saturated heterocycles. The van der Waals surface area contributed by atoms with Gasteiger partial charge in [-0.05, 0) is 26.0 Å². The van der Waals surface area contributed by atoms with Gasteiger partial charge in [-0.3, -0.25) is 0 Å². The Morgan fingerprint density at radius 3 is 2.82 bits per heavy atom. The summed E-state index contributed by atoms with van der Waals surface area (Å²) in [6.45, 7) is 4.04. The standard InChI is InChI=1S/C8H10N2S/c1-6-3-4-8(11-6)7(2)10-5-9/h3-4,7,10H,1-2H3. The first-order valence-corrected chi connectivity index (χ1v) is 4.26. The zero-order valence-electron chi connectivity index (χ0n) is 6.59. The highest BCUT2D eigenvalue weighted by Crippen LogP contribution is 2.21. The lowest BCUT2D eigenvalue weighted by molar-refractivity contribution is 0.711. The molecule has 0 aliphatic heterocycles. The van der Waals surface area contributed by atoms with Crippen LogP contribution < -0.4 is 5.32 Å².